The Labute approximate surface area is 112 Å². The number of carbonyl (C=O) groups excluding carboxylic acids is 2. The fourth-order valence-corrected chi connectivity index (χ4v) is 2.14. The largest absolute Gasteiger partial charge is 0.465 e. The van der Waals surface area contributed by atoms with Gasteiger partial charge in [-0.25, -0.2) is 0 Å². The Hall–Kier alpha value is -1.88. The third-order valence-corrected chi connectivity index (χ3v) is 3.03. The Morgan fingerprint density at radius 2 is 2.16 bits per heavy atom. The summed E-state index contributed by atoms with van der Waals surface area (Å²) in [5, 5.41) is 3.06. The van der Waals surface area contributed by atoms with Crippen LogP contribution in [0.25, 0.3) is 0 Å². The monoisotopic (exact) mass is 262 g/mol. The van der Waals surface area contributed by atoms with Crippen LogP contribution < -0.4 is 10.2 Å². The highest BCUT2D eigenvalue weighted by Gasteiger charge is 2.30. The van der Waals surface area contributed by atoms with E-state index in [0.717, 1.165) is 5.69 Å². The van der Waals surface area contributed by atoms with E-state index >= 15 is 0 Å². The lowest BCUT2D eigenvalue weighted by atomic mass is 10.2. The van der Waals surface area contributed by atoms with Gasteiger partial charge in [0.15, 0.2) is 0 Å². The average Bonchev–Trinajstić information content (AvgIpc) is 2.79. The zero-order chi connectivity index (χ0) is 13.7. The molecule has 1 fully saturated rings. The van der Waals surface area contributed by atoms with E-state index in [-0.39, 0.29) is 24.5 Å². The fourth-order valence-electron chi connectivity index (χ4n) is 2.14. The first-order valence-corrected chi connectivity index (χ1v) is 6.45. The molecule has 5 heteroatoms. The SMILES string of the molecule is CCOC(=O)CN[C@@H]1CC(=O)N(c2ccccc2)C1. The summed E-state index contributed by atoms with van der Waals surface area (Å²) in [7, 11) is 0. The van der Waals surface area contributed by atoms with E-state index in [1.807, 2.05) is 30.3 Å². The molecule has 19 heavy (non-hydrogen) atoms. The summed E-state index contributed by atoms with van der Waals surface area (Å²) < 4.78 is 4.84. The number of hydrogen-bond acceptors (Lipinski definition) is 4. The van der Waals surface area contributed by atoms with Crippen molar-refractivity contribution in [2.75, 3.05) is 24.6 Å². The first-order valence-electron chi connectivity index (χ1n) is 6.45. The summed E-state index contributed by atoms with van der Waals surface area (Å²) in [6.45, 7) is 2.88. The second-order valence-electron chi connectivity index (χ2n) is 4.43. The van der Waals surface area contributed by atoms with E-state index in [1.165, 1.54) is 0 Å². The number of amides is 1. The molecular weight excluding hydrogens is 244 g/mol. The van der Waals surface area contributed by atoms with Crippen LogP contribution >= 0.6 is 0 Å². The van der Waals surface area contributed by atoms with Crippen molar-refractivity contribution in [3.8, 4) is 0 Å². The summed E-state index contributed by atoms with van der Waals surface area (Å²) in [5.41, 5.74) is 0.896. The third kappa shape index (κ3) is 3.54. The van der Waals surface area contributed by atoms with Crippen molar-refractivity contribution in [2.24, 2.45) is 0 Å². The van der Waals surface area contributed by atoms with Crippen molar-refractivity contribution in [1.29, 1.82) is 0 Å². The molecule has 1 saturated heterocycles. The highest BCUT2D eigenvalue weighted by atomic mass is 16.5. The Balaban J connectivity index is 1.88. The van der Waals surface area contributed by atoms with Gasteiger partial charge in [0.25, 0.3) is 0 Å². The molecule has 1 aliphatic heterocycles. The van der Waals surface area contributed by atoms with Crippen molar-refractivity contribution in [3.05, 3.63) is 30.3 Å². The lowest BCUT2D eigenvalue weighted by Gasteiger charge is -2.16. The van der Waals surface area contributed by atoms with Crippen molar-refractivity contribution in [2.45, 2.75) is 19.4 Å². The van der Waals surface area contributed by atoms with Gasteiger partial charge in [0.2, 0.25) is 5.91 Å². The van der Waals surface area contributed by atoms with Gasteiger partial charge >= 0.3 is 5.97 Å². The quantitative estimate of drug-likeness (QED) is 0.802. The Morgan fingerprint density at radius 3 is 2.84 bits per heavy atom. The molecule has 5 nitrogen and oxygen atoms in total. The normalized spacial score (nSPS) is 18.7. The van der Waals surface area contributed by atoms with Gasteiger partial charge < -0.3 is 15.0 Å². The summed E-state index contributed by atoms with van der Waals surface area (Å²) in [5.74, 6) is -0.208. The maximum Gasteiger partial charge on any atom is 0.319 e. The molecule has 0 saturated carbocycles. The number of ether oxygens (including phenoxy) is 1. The van der Waals surface area contributed by atoms with E-state index in [0.29, 0.717) is 19.6 Å². The molecule has 1 aromatic carbocycles. The molecule has 1 heterocycles. The summed E-state index contributed by atoms with van der Waals surface area (Å²) in [4.78, 5) is 24.9. The van der Waals surface area contributed by atoms with E-state index in [1.54, 1.807) is 11.8 Å². The van der Waals surface area contributed by atoms with Gasteiger partial charge in [0.05, 0.1) is 13.2 Å². The van der Waals surface area contributed by atoms with Gasteiger partial charge in [-0.05, 0) is 19.1 Å². The molecule has 0 aliphatic carbocycles. The zero-order valence-corrected chi connectivity index (χ0v) is 11.0. The molecule has 0 aromatic heterocycles. The maximum absolute atomic E-state index is 11.9. The molecule has 0 radical (unpaired) electrons. The van der Waals surface area contributed by atoms with Crippen molar-refractivity contribution >= 4 is 17.6 Å². The van der Waals surface area contributed by atoms with E-state index in [2.05, 4.69) is 5.32 Å². The minimum absolute atomic E-state index is 0.00267. The number of para-hydroxylation sites is 1. The number of nitrogens with one attached hydrogen (secondary N) is 1. The number of anilines is 1. The molecule has 1 atom stereocenters. The Kier molecular flexibility index (Phi) is 4.52. The number of esters is 1. The van der Waals surface area contributed by atoms with Crippen molar-refractivity contribution < 1.29 is 14.3 Å². The average molecular weight is 262 g/mol. The lowest BCUT2D eigenvalue weighted by molar-refractivity contribution is -0.142. The van der Waals surface area contributed by atoms with Crippen LogP contribution in [0.2, 0.25) is 0 Å². The fraction of sp³-hybridized carbons (Fsp3) is 0.429. The molecule has 1 amide bonds. The molecule has 1 aliphatic rings. The standard InChI is InChI=1S/C14H18N2O3/c1-2-19-14(18)9-15-11-8-13(17)16(10-11)12-6-4-3-5-7-12/h3-7,11,15H,2,8-10H2,1H3/t11-/m1/s1. The summed E-state index contributed by atoms with van der Waals surface area (Å²) >= 11 is 0. The molecule has 2 rings (SSSR count). The minimum Gasteiger partial charge on any atom is -0.465 e. The number of carbonyl (C=O) groups is 2. The Morgan fingerprint density at radius 1 is 1.42 bits per heavy atom. The molecule has 0 bridgehead atoms. The molecule has 1 aromatic rings. The van der Waals surface area contributed by atoms with Gasteiger partial charge in [-0.2, -0.15) is 0 Å². The van der Waals surface area contributed by atoms with Crippen LogP contribution in [0.3, 0.4) is 0 Å². The van der Waals surface area contributed by atoms with Gasteiger partial charge in [-0.15, -0.1) is 0 Å². The number of benzene rings is 1. The zero-order valence-electron chi connectivity index (χ0n) is 11.0. The van der Waals surface area contributed by atoms with Crippen LogP contribution in [-0.2, 0) is 14.3 Å². The van der Waals surface area contributed by atoms with Gasteiger partial charge in [0, 0.05) is 24.7 Å². The molecular formula is C14H18N2O3. The summed E-state index contributed by atoms with van der Waals surface area (Å²) in [6, 6.07) is 9.54. The second kappa shape index (κ2) is 6.33. The first-order chi connectivity index (χ1) is 9.20. The summed E-state index contributed by atoms with van der Waals surface area (Å²) in [6.07, 6.45) is 0.411. The minimum atomic E-state index is -0.284. The van der Waals surface area contributed by atoms with Crippen LogP contribution in [0, 0.1) is 0 Å². The highest BCUT2D eigenvalue weighted by molar-refractivity contribution is 5.96. The molecule has 0 spiro atoms. The topological polar surface area (TPSA) is 58.6 Å². The van der Waals surface area contributed by atoms with Crippen LogP contribution in [-0.4, -0.2) is 37.6 Å². The van der Waals surface area contributed by atoms with Gasteiger partial charge in [-0.1, -0.05) is 18.2 Å². The predicted molar refractivity (Wildman–Crippen MR) is 71.8 cm³/mol. The lowest BCUT2D eigenvalue weighted by Crippen LogP contribution is -2.36. The molecule has 0 unspecified atom stereocenters. The first kappa shape index (κ1) is 13.5. The second-order valence-corrected chi connectivity index (χ2v) is 4.43. The van der Waals surface area contributed by atoms with Crippen molar-refractivity contribution in [3.63, 3.8) is 0 Å². The Bertz CT molecular complexity index is 447. The van der Waals surface area contributed by atoms with Crippen LogP contribution in [0.15, 0.2) is 30.3 Å². The van der Waals surface area contributed by atoms with Crippen molar-refractivity contribution in [1.82, 2.24) is 5.32 Å². The predicted octanol–water partition coefficient (Wildman–Crippen LogP) is 0.945. The van der Waals surface area contributed by atoms with Gasteiger partial charge in [-0.3, -0.25) is 9.59 Å². The highest BCUT2D eigenvalue weighted by Crippen LogP contribution is 2.20. The number of rotatable bonds is 5. The number of nitrogens with zero attached hydrogens (tertiary/aromatic N) is 1. The van der Waals surface area contributed by atoms with Crippen LogP contribution in [0.4, 0.5) is 5.69 Å². The molecule has 1 N–H and O–H groups in total. The third-order valence-electron chi connectivity index (χ3n) is 3.03. The van der Waals surface area contributed by atoms with Crippen LogP contribution in [0.5, 0.6) is 0 Å². The number of hydrogen-bond donors (Lipinski definition) is 1. The van der Waals surface area contributed by atoms with E-state index in [4.69, 9.17) is 4.74 Å². The van der Waals surface area contributed by atoms with E-state index in [9.17, 15) is 9.59 Å². The smallest absolute Gasteiger partial charge is 0.319 e. The molecule has 102 valence electrons. The van der Waals surface area contributed by atoms with E-state index < -0.39 is 0 Å². The van der Waals surface area contributed by atoms with Gasteiger partial charge in [0.1, 0.15) is 0 Å². The van der Waals surface area contributed by atoms with Crippen LogP contribution in [0.1, 0.15) is 13.3 Å². The maximum atomic E-state index is 11.9.